The Balaban J connectivity index is 1.73. The van der Waals surface area contributed by atoms with Gasteiger partial charge in [0.05, 0.1) is 5.56 Å². The van der Waals surface area contributed by atoms with Crippen LogP contribution in [0.25, 0.3) is 10.8 Å². The van der Waals surface area contributed by atoms with Gasteiger partial charge in [-0.2, -0.15) is 0 Å². The van der Waals surface area contributed by atoms with Crippen LogP contribution in [-0.4, -0.2) is 27.5 Å². The van der Waals surface area contributed by atoms with Crippen molar-refractivity contribution in [3.8, 4) is 5.75 Å². The van der Waals surface area contributed by atoms with Crippen molar-refractivity contribution in [2.45, 2.75) is 6.42 Å². The lowest BCUT2D eigenvalue weighted by molar-refractivity contribution is 0.0951. The molecule has 2 aromatic carbocycles. The number of nitrogens with one attached hydrogen (secondary N) is 2. The van der Waals surface area contributed by atoms with Gasteiger partial charge in [-0.3, -0.25) is 4.79 Å². The van der Waals surface area contributed by atoms with Gasteiger partial charge in [0.15, 0.2) is 0 Å². The Morgan fingerprint density at radius 3 is 2.71 bits per heavy atom. The molecule has 0 spiro atoms. The molecule has 0 unspecified atom stereocenters. The molecular weight excluding hydrogens is 266 g/mol. The predicted molar refractivity (Wildman–Crippen MR) is 80.2 cm³/mol. The molecule has 3 N–H and O–H groups in total. The highest BCUT2D eigenvalue weighted by atomic mass is 16.3. The molecule has 21 heavy (non-hydrogen) atoms. The van der Waals surface area contributed by atoms with E-state index in [0.717, 1.165) is 16.6 Å². The number of phenolic OH excluding ortho intramolecular Hbond substituents is 1. The third-order valence-corrected chi connectivity index (χ3v) is 3.31. The van der Waals surface area contributed by atoms with Crippen LogP contribution < -0.4 is 5.32 Å². The van der Waals surface area contributed by atoms with Gasteiger partial charge in [0.25, 0.3) is 5.91 Å². The zero-order valence-electron chi connectivity index (χ0n) is 11.3. The van der Waals surface area contributed by atoms with Crippen molar-refractivity contribution < 1.29 is 9.90 Å². The number of H-pyrrole nitrogens is 1. The average molecular weight is 281 g/mol. The van der Waals surface area contributed by atoms with Crippen LogP contribution in [0.3, 0.4) is 0 Å². The number of aromatic amines is 1. The first-order valence-corrected chi connectivity index (χ1v) is 6.72. The third kappa shape index (κ3) is 2.86. The van der Waals surface area contributed by atoms with E-state index < -0.39 is 0 Å². The molecule has 0 saturated carbocycles. The summed E-state index contributed by atoms with van der Waals surface area (Å²) in [4.78, 5) is 19.2. The van der Waals surface area contributed by atoms with E-state index in [1.54, 1.807) is 24.5 Å². The summed E-state index contributed by atoms with van der Waals surface area (Å²) < 4.78 is 0. The minimum Gasteiger partial charge on any atom is -0.507 e. The first kappa shape index (κ1) is 13.2. The van der Waals surface area contributed by atoms with Crippen molar-refractivity contribution in [1.82, 2.24) is 15.3 Å². The van der Waals surface area contributed by atoms with E-state index in [1.165, 1.54) is 0 Å². The van der Waals surface area contributed by atoms with Crippen molar-refractivity contribution in [2.24, 2.45) is 0 Å². The zero-order chi connectivity index (χ0) is 14.7. The fourth-order valence-corrected chi connectivity index (χ4v) is 2.23. The third-order valence-electron chi connectivity index (χ3n) is 3.31. The molecule has 0 fully saturated rings. The monoisotopic (exact) mass is 281 g/mol. The lowest BCUT2D eigenvalue weighted by atomic mass is 10.1. The summed E-state index contributed by atoms with van der Waals surface area (Å²) >= 11 is 0. The second kappa shape index (κ2) is 5.66. The van der Waals surface area contributed by atoms with Crippen LogP contribution in [0.2, 0.25) is 0 Å². The molecule has 0 atom stereocenters. The molecule has 0 bridgehead atoms. The average Bonchev–Trinajstić information content (AvgIpc) is 2.99. The van der Waals surface area contributed by atoms with Gasteiger partial charge in [0.1, 0.15) is 11.6 Å². The number of amides is 1. The number of benzene rings is 2. The molecule has 3 rings (SSSR count). The van der Waals surface area contributed by atoms with Crippen molar-refractivity contribution in [3.05, 3.63) is 60.2 Å². The lowest BCUT2D eigenvalue weighted by Gasteiger charge is -2.08. The van der Waals surface area contributed by atoms with Gasteiger partial charge >= 0.3 is 0 Å². The molecule has 0 radical (unpaired) electrons. The predicted octanol–water partition coefficient (Wildman–Crippen LogP) is 2.24. The number of fused-ring (bicyclic) bond motifs is 1. The number of carbonyl (C=O) groups is 1. The summed E-state index contributed by atoms with van der Waals surface area (Å²) in [5.41, 5.74) is 0.285. The normalized spacial score (nSPS) is 10.7. The van der Waals surface area contributed by atoms with Gasteiger partial charge < -0.3 is 15.4 Å². The first-order valence-electron chi connectivity index (χ1n) is 6.72. The van der Waals surface area contributed by atoms with Crippen LogP contribution in [0.5, 0.6) is 5.75 Å². The summed E-state index contributed by atoms with van der Waals surface area (Å²) in [6.45, 7) is 0.457. The molecule has 1 aromatic heterocycles. The number of rotatable bonds is 4. The molecular formula is C16H15N3O2. The topological polar surface area (TPSA) is 78.0 Å². The van der Waals surface area contributed by atoms with Gasteiger partial charge in [0, 0.05) is 25.4 Å². The van der Waals surface area contributed by atoms with Crippen LogP contribution >= 0.6 is 0 Å². The van der Waals surface area contributed by atoms with E-state index in [0.29, 0.717) is 13.0 Å². The second-order valence-electron chi connectivity index (χ2n) is 4.76. The highest BCUT2D eigenvalue weighted by Crippen LogP contribution is 2.24. The fraction of sp³-hybridized carbons (Fsp3) is 0.125. The molecule has 106 valence electrons. The minimum absolute atomic E-state index is 0.0100. The molecule has 1 heterocycles. The second-order valence-corrected chi connectivity index (χ2v) is 4.76. The number of nitrogens with zero attached hydrogens (tertiary/aromatic N) is 1. The van der Waals surface area contributed by atoms with Crippen molar-refractivity contribution in [2.75, 3.05) is 6.54 Å². The molecule has 3 aromatic rings. The highest BCUT2D eigenvalue weighted by Gasteiger charge is 2.12. The Morgan fingerprint density at radius 1 is 1.24 bits per heavy atom. The van der Waals surface area contributed by atoms with E-state index in [4.69, 9.17) is 0 Å². The van der Waals surface area contributed by atoms with Gasteiger partial charge in [-0.15, -0.1) is 0 Å². The fourth-order valence-electron chi connectivity index (χ4n) is 2.23. The zero-order valence-corrected chi connectivity index (χ0v) is 11.3. The van der Waals surface area contributed by atoms with Crippen molar-refractivity contribution >= 4 is 16.7 Å². The van der Waals surface area contributed by atoms with Gasteiger partial charge in [0.2, 0.25) is 0 Å². The maximum atomic E-state index is 12.1. The number of imidazole rings is 1. The summed E-state index contributed by atoms with van der Waals surface area (Å²) in [5.74, 6) is 0.520. The molecule has 0 saturated heterocycles. The molecule has 0 aliphatic carbocycles. The largest absolute Gasteiger partial charge is 0.507 e. The summed E-state index contributed by atoms with van der Waals surface area (Å²) in [6.07, 6.45) is 4.03. The molecule has 5 nitrogen and oxygen atoms in total. The van der Waals surface area contributed by atoms with Gasteiger partial charge in [-0.1, -0.05) is 24.3 Å². The van der Waals surface area contributed by atoms with Crippen LogP contribution in [-0.2, 0) is 6.42 Å². The Hall–Kier alpha value is -2.82. The Labute approximate surface area is 121 Å². The van der Waals surface area contributed by atoms with E-state index in [1.807, 2.05) is 24.3 Å². The van der Waals surface area contributed by atoms with E-state index in [-0.39, 0.29) is 17.2 Å². The smallest absolute Gasteiger partial charge is 0.255 e. The highest BCUT2D eigenvalue weighted by molar-refractivity contribution is 6.01. The summed E-state index contributed by atoms with van der Waals surface area (Å²) in [7, 11) is 0. The van der Waals surface area contributed by atoms with E-state index in [2.05, 4.69) is 15.3 Å². The summed E-state index contributed by atoms with van der Waals surface area (Å²) in [5, 5.41) is 14.6. The Morgan fingerprint density at radius 2 is 2.00 bits per heavy atom. The molecule has 1 amide bonds. The Kier molecular flexibility index (Phi) is 3.55. The van der Waals surface area contributed by atoms with Gasteiger partial charge in [-0.25, -0.2) is 4.98 Å². The van der Waals surface area contributed by atoms with Crippen molar-refractivity contribution in [1.29, 1.82) is 0 Å². The number of phenols is 1. The van der Waals surface area contributed by atoms with Crippen molar-refractivity contribution in [3.63, 3.8) is 0 Å². The lowest BCUT2D eigenvalue weighted by Crippen LogP contribution is -2.26. The summed E-state index contributed by atoms with van der Waals surface area (Å²) in [6, 6.07) is 10.9. The number of carbonyl (C=O) groups excluding carboxylic acids is 1. The van der Waals surface area contributed by atoms with E-state index >= 15 is 0 Å². The Bertz CT molecular complexity index is 766. The quantitative estimate of drug-likeness (QED) is 0.686. The standard InChI is InChI=1S/C16H15N3O2/c20-14-10-12-4-2-1-3-11(12)9-13(14)16(21)19-6-5-15-17-7-8-18-15/h1-4,7-10,20H,5-6H2,(H,17,18)(H,19,21). The van der Waals surface area contributed by atoms with Crippen LogP contribution in [0, 0.1) is 0 Å². The SMILES string of the molecule is O=C(NCCc1ncc[nH]1)c1cc2ccccc2cc1O. The van der Waals surface area contributed by atoms with Crippen LogP contribution in [0.15, 0.2) is 48.8 Å². The number of aromatic hydroxyl groups is 1. The van der Waals surface area contributed by atoms with Crippen LogP contribution in [0.4, 0.5) is 0 Å². The molecule has 0 aliphatic rings. The number of hydrogen-bond acceptors (Lipinski definition) is 3. The van der Waals surface area contributed by atoms with Crippen LogP contribution in [0.1, 0.15) is 16.2 Å². The molecule has 5 heteroatoms. The number of aromatic nitrogens is 2. The first-order chi connectivity index (χ1) is 10.2. The number of hydrogen-bond donors (Lipinski definition) is 3. The van der Waals surface area contributed by atoms with E-state index in [9.17, 15) is 9.90 Å². The maximum absolute atomic E-state index is 12.1. The minimum atomic E-state index is -0.287. The molecule has 0 aliphatic heterocycles. The maximum Gasteiger partial charge on any atom is 0.255 e. The van der Waals surface area contributed by atoms with Gasteiger partial charge in [-0.05, 0) is 22.9 Å².